The van der Waals surface area contributed by atoms with E-state index in [1.54, 1.807) is 0 Å². The van der Waals surface area contributed by atoms with Crippen LogP contribution in [0.4, 0.5) is 0 Å². The molecule has 1 fully saturated rings. The third-order valence-corrected chi connectivity index (χ3v) is 2.89. The van der Waals surface area contributed by atoms with Crippen LogP contribution in [0, 0.1) is 5.41 Å². The first-order valence-corrected chi connectivity index (χ1v) is 5.04. The summed E-state index contributed by atoms with van der Waals surface area (Å²) in [4.78, 5) is 0. The van der Waals surface area contributed by atoms with Crippen molar-refractivity contribution in [3.8, 4) is 0 Å². The largest absolute Gasteiger partial charge is 0.316 e. The summed E-state index contributed by atoms with van der Waals surface area (Å²) in [5.41, 5.74) is 0.684. The second-order valence-corrected chi connectivity index (χ2v) is 3.93. The first kappa shape index (κ1) is 9.05. The van der Waals surface area contributed by atoms with Crippen molar-refractivity contribution >= 4 is 0 Å². The Balaban J connectivity index is 2.40. The average molecular weight is 155 g/mol. The molecule has 1 aliphatic heterocycles. The van der Waals surface area contributed by atoms with Crippen LogP contribution in [-0.2, 0) is 0 Å². The van der Waals surface area contributed by atoms with Gasteiger partial charge in [-0.05, 0) is 31.2 Å². The molecule has 1 saturated heterocycles. The van der Waals surface area contributed by atoms with Crippen LogP contribution in [0.2, 0.25) is 0 Å². The third-order valence-electron chi connectivity index (χ3n) is 2.89. The van der Waals surface area contributed by atoms with Gasteiger partial charge in [-0.3, -0.25) is 0 Å². The lowest BCUT2D eigenvalue weighted by molar-refractivity contribution is 0.265. The first-order chi connectivity index (χ1) is 5.33. The van der Waals surface area contributed by atoms with Crippen LogP contribution < -0.4 is 5.32 Å². The number of nitrogens with one attached hydrogen (secondary N) is 1. The maximum Gasteiger partial charge on any atom is 0.000828 e. The zero-order chi connectivity index (χ0) is 8.16. The lowest BCUT2D eigenvalue weighted by Gasteiger charge is -2.27. The van der Waals surface area contributed by atoms with Gasteiger partial charge in [0.1, 0.15) is 0 Å². The van der Waals surface area contributed by atoms with E-state index in [0.29, 0.717) is 5.41 Å². The van der Waals surface area contributed by atoms with E-state index in [-0.39, 0.29) is 0 Å². The van der Waals surface area contributed by atoms with Gasteiger partial charge in [0, 0.05) is 6.54 Å². The van der Waals surface area contributed by atoms with Gasteiger partial charge in [0.25, 0.3) is 0 Å². The molecule has 0 aromatic carbocycles. The number of rotatable bonds is 4. The first-order valence-electron chi connectivity index (χ1n) is 5.04. The Kier molecular flexibility index (Phi) is 3.38. The molecule has 0 unspecified atom stereocenters. The maximum absolute atomic E-state index is 3.48. The zero-order valence-corrected chi connectivity index (χ0v) is 7.95. The molecule has 1 heterocycles. The topological polar surface area (TPSA) is 12.0 Å². The minimum Gasteiger partial charge on any atom is -0.316 e. The standard InChI is InChI=1S/C10H21N/c1-3-5-10(6-4-2)7-8-11-9-10/h11H,3-9H2,1-2H3. The van der Waals surface area contributed by atoms with Crippen LogP contribution in [0.1, 0.15) is 46.0 Å². The monoisotopic (exact) mass is 155 g/mol. The normalized spacial score (nSPS) is 22.4. The van der Waals surface area contributed by atoms with Gasteiger partial charge in [-0.25, -0.2) is 0 Å². The summed E-state index contributed by atoms with van der Waals surface area (Å²) in [7, 11) is 0. The van der Waals surface area contributed by atoms with Gasteiger partial charge < -0.3 is 5.32 Å². The molecule has 0 radical (unpaired) electrons. The summed E-state index contributed by atoms with van der Waals surface area (Å²) in [5.74, 6) is 0. The summed E-state index contributed by atoms with van der Waals surface area (Å²) in [6.07, 6.45) is 6.96. The van der Waals surface area contributed by atoms with E-state index in [0.717, 1.165) is 0 Å². The highest BCUT2D eigenvalue weighted by Crippen LogP contribution is 2.35. The van der Waals surface area contributed by atoms with Gasteiger partial charge in [-0.2, -0.15) is 0 Å². The molecule has 1 N–H and O–H groups in total. The van der Waals surface area contributed by atoms with Crippen molar-refractivity contribution in [1.29, 1.82) is 0 Å². The van der Waals surface area contributed by atoms with Crippen molar-refractivity contribution in [2.75, 3.05) is 13.1 Å². The number of hydrogen-bond acceptors (Lipinski definition) is 1. The van der Waals surface area contributed by atoms with Gasteiger partial charge in [-0.15, -0.1) is 0 Å². The Bertz CT molecular complexity index is 95.4. The Labute approximate surface area is 70.6 Å². The van der Waals surface area contributed by atoms with Gasteiger partial charge in [-0.1, -0.05) is 26.7 Å². The van der Waals surface area contributed by atoms with E-state index in [1.807, 2.05) is 0 Å². The minimum atomic E-state index is 0.684. The molecule has 0 aliphatic carbocycles. The molecule has 66 valence electrons. The van der Waals surface area contributed by atoms with Gasteiger partial charge in [0.05, 0.1) is 0 Å². The summed E-state index contributed by atoms with van der Waals surface area (Å²) in [5, 5.41) is 3.48. The zero-order valence-electron chi connectivity index (χ0n) is 7.95. The Hall–Kier alpha value is -0.0400. The third kappa shape index (κ3) is 2.19. The lowest BCUT2D eigenvalue weighted by atomic mass is 9.79. The molecule has 0 aromatic heterocycles. The highest BCUT2D eigenvalue weighted by molar-refractivity contribution is 4.86. The molecular formula is C10H21N. The quantitative estimate of drug-likeness (QED) is 0.658. The molecular weight excluding hydrogens is 134 g/mol. The van der Waals surface area contributed by atoms with Crippen LogP contribution in [0.3, 0.4) is 0 Å². The highest BCUT2D eigenvalue weighted by atomic mass is 14.9. The summed E-state index contributed by atoms with van der Waals surface area (Å²) >= 11 is 0. The summed E-state index contributed by atoms with van der Waals surface area (Å²) < 4.78 is 0. The average Bonchev–Trinajstić information content (AvgIpc) is 2.39. The van der Waals surface area contributed by atoms with E-state index >= 15 is 0 Å². The SMILES string of the molecule is CCCC1(CCC)CCNC1. The minimum absolute atomic E-state index is 0.684. The molecule has 0 aromatic rings. The Morgan fingerprint density at radius 1 is 1.18 bits per heavy atom. The van der Waals surface area contributed by atoms with Crippen LogP contribution in [-0.4, -0.2) is 13.1 Å². The fourth-order valence-corrected chi connectivity index (χ4v) is 2.41. The Morgan fingerprint density at radius 2 is 1.82 bits per heavy atom. The molecule has 0 bridgehead atoms. The van der Waals surface area contributed by atoms with E-state index in [4.69, 9.17) is 0 Å². The Morgan fingerprint density at radius 3 is 2.18 bits per heavy atom. The maximum atomic E-state index is 3.48. The molecule has 1 aliphatic rings. The van der Waals surface area contributed by atoms with E-state index in [2.05, 4.69) is 19.2 Å². The van der Waals surface area contributed by atoms with Crippen LogP contribution in [0.25, 0.3) is 0 Å². The summed E-state index contributed by atoms with van der Waals surface area (Å²) in [6.45, 7) is 7.13. The fraction of sp³-hybridized carbons (Fsp3) is 1.00. The predicted molar refractivity (Wildman–Crippen MR) is 49.7 cm³/mol. The molecule has 0 atom stereocenters. The predicted octanol–water partition coefficient (Wildman–Crippen LogP) is 2.57. The second-order valence-electron chi connectivity index (χ2n) is 3.93. The van der Waals surface area contributed by atoms with Crippen molar-refractivity contribution < 1.29 is 0 Å². The molecule has 1 nitrogen and oxygen atoms in total. The van der Waals surface area contributed by atoms with Crippen LogP contribution in [0.5, 0.6) is 0 Å². The molecule has 0 spiro atoms. The van der Waals surface area contributed by atoms with Gasteiger partial charge in [0.15, 0.2) is 0 Å². The van der Waals surface area contributed by atoms with Gasteiger partial charge in [0.2, 0.25) is 0 Å². The van der Waals surface area contributed by atoms with E-state index in [9.17, 15) is 0 Å². The van der Waals surface area contributed by atoms with Gasteiger partial charge >= 0.3 is 0 Å². The second kappa shape index (κ2) is 4.10. The highest BCUT2D eigenvalue weighted by Gasteiger charge is 2.31. The smallest absolute Gasteiger partial charge is 0.000828 e. The van der Waals surface area contributed by atoms with Crippen LogP contribution in [0.15, 0.2) is 0 Å². The lowest BCUT2D eigenvalue weighted by Crippen LogP contribution is -2.23. The van der Waals surface area contributed by atoms with Crippen molar-refractivity contribution in [2.45, 2.75) is 46.0 Å². The van der Waals surface area contributed by atoms with E-state index < -0.39 is 0 Å². The van der Waals surface area contributed by atoms with Crippen molar-refractivity contribution in [3.63, 3.8) is 0 Å². The van der Waals surface area contributed by atoms with Crippen molar-refractivity contribution in [3.05, 3.63) is 0 Å². The van der Waals surface area contributed by atoms with E-state index in [1.165, 1.54) is 45.2 Å². The van der Waals surface area contributed by atoms with Crippen molar-refractivity contribution in [1.82, 2.24) is 5.32 Å². The fourth-order valence-electron chi connectivity index (χ4n) is 2.41. The van der Waals surface area contributed by atoms with Crippen molar-refractivity contribution in [2.24, 2.45) is 5.41 Å². The summed E-state index contributed by atoms with van der Waals surface area (Å²) in [6, 6.07) is 0. The molecule has 1 rings (SSSR count). The molecule has 0 saturated carbocycles. The number of hydrogen-bond donors (Lipinski definition) is 1. The molecule has 11 heavy (non-hydrogen) atoms. The molecule has 0 amide bonds. The van der Waals surface area contributed by atoms with Crippen LogP contribution >= 0.6 is 0 Å². The molecule has 1 heteroatoms.